The highest BCUT2D eigenvalue weighted by Crippen LogP contribution is 2.38. The van der Waals surface area contributed by atoms with Gasteiger partial charge in [0.05, 0.1) is 11.7 Å². The number of allylic oxidation sites excluding steroid dienone is 7. The first-order valence-corrected chi connectivity index (χ1v) is 18.5. The Morgan fingerprint density at radius 1 is 1.06 bits per heavy atom. The Morgan fingerprint density at radius 3 is 2.46 bits per heavy atom. The zero-order valence-corrected chi connectivity index (χ0v) is 31.9. The summed E-state index contributed by atoms with van der Waals surface area (Å²) >= 11 is 0. The average molecular weight is 694 g/mol. The van der Waals surface area contributed by atoms with Crippen molar-refractivity contribution in [2.24, 2.45) is 23.3 Å². The van der Waals surface area contributed by atoms with Gasteiger partial charge in [0.1, 0.15) is 0 Å². The molecule has 1 aromatic heterocycles. The second-order valence-corrected chi connectivity index (χ2v) is 13.4. The molecule has 2 aromatic carbocycles. The molecule has 0 fully saturated rings. The van der Waals surface area contributed by atoms with Gasteiger partial charge in [0.15, 0.2) is 0 Å². The number of para-hydroxylation sites is 1. The van der Waals surface area contributed by atoms with Crippen molar-refractivity contribution >= 4 is 11.8 Å². The highest BCUT2D eigenvalue weighted by atomic mass is 15.0. The molecule has 0 saturated heterocycles. The second kappa shape index (κ2) is 19.4. The molecular formula is C47H59N5. The zero-order chi connectivity index (χ0) is 37.6. The van der Waals surface area contributed by atoms with E-state index in [1.54, 1.807) is 0 Å². The minimum atomic E-state index is 0.209. The minimum Gasteiger partial charge on any atom is -0.405 e. The average Bonchev–Trinajstić information content (AvgIpc) is 3.41. The number of aromatic nitrogens is 1. The van der Waals surface area contributed by atoms with E-state index in [4.69, 9.17) is 5.73 Å². The number of nitrogens with two attached hydrogens (primary N) is 2. The Bertz CT molecular complexity index is 1880. The number of dihydropyridines is 1. The van der Waals surface area contributed by atoms with Gasteiger partial charge in [-0.25, -0.2) is 0 Å². The van der Waals surface area contributed by atoms with E-state index in [0.29, 0.717) is 6.04 Å². The quantitative estimate of drug-likeness (QED) is 0.106. The molecule has 0 amide bonds. The van der Waals surface area contributed by atoms with E-state index in [9.17, 15) is 0 Å². The van der Waals surface area contributed by atoms with Gasteiger partial charge in [0.25, 0.3) is 0 Å². The maximum absolute atomic E-state index is 6.47. The van der Waals surface area contributed by atoms with Crippen LogP contribution in [0.25, 0.3) is 28.7 Å². The summed E-state index contributed by atoms with van der Waals surface area (Å²) in [5.41, 5.74) is 24.2. The maximum atomic E-state index is 6.47. The molecule has 0 spiro atoms. The summed E-state index contributed by atoms with van der Waals surface area (Å²) in [4.78, 5) is 0. The lowest BCUT2D eigenvalue weighted by Gasteiger charge is -2.25. The zero-order valence-electron chi connectivity index (χ0n) is 31.9. The van der Waals surface area contributed by atoms with Crippen LogP contribution in [0.4, 0.5) is 0 Å². The smallest absolute Gasteiger partial charge is 0.0660 e. The lowest BCUT2D eigenvalue weighted by atomic mass is 9.94. The van der Waals surface area contributed by atoms with Gasteiger partial charge in [-0.2, -0.15) is 0 Å². The molecule has 2 aliphatic heterocycles. The molecule has 5 nitrogen and oxygen atoms in total. The van der Waals surface area contributed by atoms with Crippen molar-refractivity contribution in [1.29, 1.82) is 0 Å². The summed E-state index contributed by atoms with van der Waals surface area (Å²) in [6.07, 6.45) is 27.6. The molecule has 0 radical (unpaired) electrons. The fourth-order valence-electron chi connectivity index (χ4n) is 7.15. The summed E-state index contributed by atoms with van der Waals surface area (Å²) in [6.45, 7) is 23.6. The van der Waals surface area contributed by atoms with E-state index < -0.39 is 0 Å². The summed E-state index contributed by atoms with van der Waals surface area (Å²) < 4.78 is 2.46. The lowest BCUT2D eigenvalue weighted by Crippen LogP contribution is -2.38. The Hall–Kier alpha value is -5.26. The summed E-state index contributed by atoms with van der Waals surface area (Å²) in [5.74, 6) is 0.485. The Balaban J connectivity index is 0.00000195. The molecule has 6 N–H and O–H groups in total. The SMILES string of the molecule is C=CN.C=Cc1cc(C2=CC=CC(/C(=C/C)CC)N2)ccc1-c1c(C)c(C)c(CC(C=C)C/C=C\C=C(/N)C2C=CCNC2C)n1-c1ccccc1. The third-order valence-corrected chi connectivity index (χ3v) is 10.2. The number of hydrogen-bond acceptors (Lipinski definition) is 4. The van der Waals surface area contributed by atoms with Crippen LogP contribution in [-0.4, -0.2) is 23.2 Å². The van der Waals surface area contributed by atoms with E-state index in [2.05, 4.69) is 185 Å². The molecular weight excluding hydrogens is 635 g/mol. The molecule has 52 heavy (non-hydrogen) atoms. The molecule has 3 heterocycles. The van der Waals surface area contributed by atoms with E-state index >= 15 is 0 Å². The maximum Gasteiger partial charge on any atom is 0.0660 e. The van der Waals surface area contributed by atoms with Crippen LogP contribution in [0.15, 0.2) is 146 Å². The number of nitrogens with one attached hydrogen (secondary N) is 2. The topological polar surface area (TPSA) is 81.0 Å². The van der Waals surface area contributed by atoms with Crippen LogP contribution in [0.1, 0.15) is 61.6 Å². The number of rotatable bonds is 13. The predicted octanol–water partition coefficient (Wildman–Crippen LogP) is 10.0. The van der Waals surface area contributed by atoms with Crippen molar-refractivity contribution in [1.82, 2.24) is 15.2 Å². The summed E-state index contributed by atoms with van der Waals surface area (Å²) in [6, 6.07) is 18.1. The van der Waals surface area contributed by atoms with Gasteiger partial charge < -0.3 is 26.7 Å². The highest BCUT2D eigenvalue weighted by molar-refractivity contribution is 5.81. The Kier molecular flexibility index (Phi) is 14.7. The molecule has 0 aliphatic carbocycles. The van der Waals surface area contributed by atoms with Crippen LogP contribution in [0, 0.1) is 25.7 Å². The number of benzene rings is 2. The molecule has 5 heteroatoms. The number of nitrogens with zero attached hydrogens (tertiary/aromatic N) is 1. The number of hydrogen-bond donors (Lipinski definition) is 4. The van der Waals surface area contributed by atoms with Gasteiger partial charge in [-0.05, 0) is 117 Å². The van der Waals surface area contributed by atoms with Crippen LogP contribution in [0.3, 0.4) is 0 Å². The van der Waals surface area contributed by atoms with Crippen LogP contribution >= 0.6 is 0 Å². The fourth-order valence-corrected chi connectivity index (χ4v) is 7.15. The normalized spacial score (nSPS) is 19.3. The fraction of sp³-hybridized carbons (Fsp3) is 0.277. The van der Waals surface area contributed by atoms with Crippen LogP contribution in [0.5, 0.6) is 0 Å². The van der Waals surface area contributed by atoms with Crippen molar-refractivity contribution in [3.63, 3.8) is 0 Å². The van der Waals surface area contributed by atoms with Crippen molar-refractivity contribution in [2.45, 2.75) is 66.0 Å². The van der Waals surface area contributed by atoms with E-state index in [1.807, 2.05) is 6.08 Å². The van der Waals surface area contributed by atoms with Crippen LogP contribution in [-0.2, 0) is 6.42 Å². The lowest BCUT2D eigenvalue weighted by molar-refractivity contribution is 0.476. The first kappa shape index (κ1) is 39.5. The third-order valence-electron chi connectivity index (χ3n) is 10.2. The van der Waals surface area contributed by atoms with Crippen LogP contribution in [0.2, 0.25) is 0 Å². The van der Waals surface area contributed by atoms with Crippen molar-refractivity contribution in [3.05, 3.63) is 174 Å². The first-order chi connectivity index (χ1) is 25.2. The Labute approximate surface area is 313 Å². The molecule has 4 atom stereocenters. The van der Waals surface area contributed by atoms with Crippen molar-refractivity contribution in [2.75, 3.05) is 6.54 Å². The molecule has 4 unspecified atom stereocenters. The third kappa shape index (κ3) is 9.34. The van der Waals surface area contributed by atoms with Gasteiger partial charge >= 0.3 is 0 Å². The van der Waals surface area contributed by atoms with Gasteiger partial charge in [0, 0.05) is 46.8 Å². The van der Waals surface area contributed by atoms with Crippen molar-refractivity contribution in [3.8, 4) is 16.9 Å². The molecule has 3 aromatic rings. The molecule has 272 valence electrons. The van der Waals surface area contributed by atoms with Gasteiger partial charge in [0.2, 0.25) is 0 Å². The predicted molar refractivity (Wildman–Crippen MR) is 227 cm³/mol. The molecule has 0 saturated carbocycles. The van der Waals surface area contributed by atoms with Gasteiger partial charge in [-0.1, -0.05) is 105 Å². The van der Waals surface area contributed by atoms with Crippen LogP contribution < -0.4 is 22.1 Å². The molecule has 5 rings (SSSR count). The second-order valence-electron chi connectivity index (χ2n) is 13.4. The standard InChI is InChI=1S/C45H54N4.C2H5N/c1-8-34(19-15-16-23-41(46)39-22-18-28-47-33(39)7)29-44-31(5)32(6)45(49(44)38-20-13-12-14-21-38)40-27-26-37(30-36(40)11-4)43-25-17-24-42(48-43)35(9-2)10-3;1-2-3/h8-9,11-18,20-27,30,33-34,39,42,47-48H,1,4,10,19,28-29,46H2,2-3,5-7H3;2H,1,3H2/b16-15-,35-9+,41-23-;. The summed E-state index contributed by atoms with van der Waals surface area (Å²) in [7, 11) is 0. The van der Waals surface area contributed by atoms with Gasteiger partial charge in [-0.15, -0.1) is 6.58 Å². The molecule has 2 aliphatic rings. The largest absolute Gasteiger partial charge is 0.405 e. The van der Waals surface area contributed by atoms with E-state index in [1.165, 1.54) is 39.9 Å². The van der Waals surface area contributed by atoms with E-state index in [0.717, 1.165) is 54.0 Å². The van der Waals surface area contributed by atoms with Crippen molar-refractivity contribution < 1.29 is 0 Å². The molecule has 0 bridgehead atoms. The minimum absolute atomic E-state index is 0.209. The van der Waals surface area contributed by atoms with Gasteiger partial charge in [-0.3, -0.25) is 0 Å². The highest BCUT2D eigenvalue weighted by Gasteiger charge is 2.24. The monoisotopic (exact) mass is 693 g/mol. The van der Waals surface area contributed by atoms with E-state index in [-0.39, 0.29) is 17.9 Å². The summed E-state index contributed by atoms with van der Waals surface area (Å²) in [5, 5.41) is 7.22. The first-order valence-electron chi connectivity index (χ1n) is 18.5. The Morgan fingerprint density at radius 2 is 1.81 bits per heavy atom.